The molecule has 0 aromatic rings. The van der Waals surface area contributed by atoms with Gasteiger partial charge >= 0.3 is 0 Å². The van der Waals surface area contributed by atoms with Crippen molar-refractivity contribution in [3.63, 3.8) is 0 Å². The second kappa shape index (κ2) is 7.65. The zero-order valence-electron chi connectivity index (χ0n) is 12.2. The number of thioether (sulfide) groups is 1. The summed E-state index contributed by atoms with van der Waals surface area (Å²) in [6, 6.07) is 1.43. The molecule has 2 nitrogen and oxygen atoms in total. The molecular formula is C14H30N2S. The van der Waals surface area contributed by atoms with Gasteiger partial charge in [0.05, 0.1) is 0 Å². The van der Waals surface area contributed by atoms with Crippen LogP contribution in [-0.2, 0) is 0 Å². The van der Waals surface area contributed by atoms with E-state index in [2.05, 4.69) is 44.2 Å². The van der Waals surface area contributed by atoms with Crippen LogP contribution < -0.4 is 5.32 Å². The maximum Gasteiger partial charge on any atom is 0.0244 e. The number of rotatable bonds is 6. The summed E-state index contributed by atoms with van der Waals surface area (Å²) in [5.74, 6) is 0.755. The molecule has 3 atom stereocenters. The lowest BCUT2D eigenvalue weighted by atomic mass is 9.97. The summed E-state index contributed by atoms with van der Waals surface area (Å²) in [6.07, 6.45) is 4.79. The van der Waals surface area contributed by atoms with Crippen LogP contribution in [0.1, 0.15) is 40.5 Å². The Morgan fingerprint density at radius 2 is 2.06 bits per heavy atom. The van der Waals surface area contributed by atoms with Gasteiger partial charge in [0.25, 0.3) is 0 Å². The molecule has 3 unspecified atom stereocenters. The number of piperazine rings is 1. The fourth-order valence-electron chi connectivity index (χ4n) is 2.55. The van der Waals surface area contributed by atoms with Crippen molar-refractivity contribution >= 4 is 11.8 Å². The first-order chi connectivity index (χ1) is 8.08. The van der Waals surface area contributed by atoms with E-state index in [9.17, 15) is 0 Å². The molecule has 1 rings (SSSR count). The second-order valence-corrected chi connectivity index (χ2v) is 6.93. The van der Waals surface area contributed by atoms with E-state index >= 15 is 0 Å². The van der Waals surface area contributed by atoms with Gasteiger partial charge in [0, 0.05) is 30.4 Å². The van der Waals surface area contributed by atoms with Gasteiger partial charge in [-0.2, -0.15) is 11.8 Å². The number of nitrogens with one attached hydrogen (secondary N) is 1. The average Bonchev–Trinajstić information content (AvgIpc) is 2.35. The second-order valence-electron chi connectivity index (χ2n) is 5.65. The largest absolute Gasteiger partial charge is 0.311 e. The van der Waals surface area contributed by atoms with E-state index in [4.69, 9.17) is 0 Å². The molecular weight excluding hydrogens is 228 g/mol. The van der Waals surface area contributed by atoms with Gasteiger partial charge in [-0.3, -0.25) is 4.90 Å². The third kappa shape index (κ3) is 4.80. The lowest BCUT2D eigenvalue weighted by Crippen LogP contribution is -2.58. The molecule has 0 spiro atoms. The summed E-state index contributed by atoms with van der Waals surface area (Å²) >= 11 is 1.99. The standard InChI is InChI=1S/C14H30N2S/c1-6-13-10-16(8-7-12(4)17-5)14(9-15-13)11(2)3/h11-15H,6-10H2,1-5H3. The first-order valence-electron chi connectivity index (χ1n) is 7.08. The highest BCUT2D eigenvalue weighted by molar-refractivity contribution is 7.99. The predicted octanol–water partition coefficient (Wildman–Crippen LogP) is 2.84. The fraction of sp³-hybridized carbons (Fsp3) is 1.00. The van der Waals surface area contributed by atoms with E-state index < -0.39 is 0 Å². The summed E-state index contributed by atoms with van der Waals surface area (Å²) in [6.45, 7) is 13.0. The minimum Gasteiger partial charge on any atom is -0.311 e. The van der Waals surface area contributed by atoms with Gasteiger partial charge in [0.1, 0.15) is 0 Å². The van der Waals surface area contributed by atoms with Gasteiger partial charge in [-0.05, 0) is 31.6 Å². The highest BCUT2D eigenvalue weighted by Crippen LogP contribution is 2.18. The normalized spacial score (nSPS) is 28.6. The van der Waals surface area contributed by atoms with Gasteiger partial charge in [-0.1, -0.05) is 27.7 Å². The monoisotopic (exact) mass is 258 g/mol. The van der Waals surface area contributed by atoms with E-state index in [1.165, 1.54) is 32.5 Å². The Hall–Kier alpha value is 0.270. The van der Waals surface area contributed by atoms with E-state index in [1.807, 2.05) is 11.8 Å². The van der Waals surface area contributed by atoms with Crippen LogP contribution in [0.25, 0.3) is 0 Å². The van der Waals surface area contributed by atoms with Crippen molar-refractivity contribution in [3.05, 3.63) is 0 Å². The van der Waals surface area contributed by atoms with Crippen molar-refractivity contribution in [3.8, 4) is 0 Å². The molecule has 0 aliphatic carbocycles. The van der Waals surface area contributed by atoms with Crippen LogP contribution in [0.2, 0.25) is 0 Å². The summed E-state index contributed by atoms with van der Waals surface area (Å²) in [5, 5.41) is 4.47. The maximum atomic E-state index is 3.68. The van der Waals surface area contributed by atoms with Gasteiger partial charge in [0.2, 0.25) is 0 Å². The van der Waals surface area contributed by atoms with Gasteiger partial charge in [0.15, 0.2) is 0 Å². The zero-order chi connectivity index (χ0) is 12.8. The third-order valence-corrected chi connectivity index (χ3v) is 5.07. The summed E-state index contributed by atoms with van der Waals surface area (Å²) in [4.78, 5) is 2.72. The molecule has 1 aliphatic heterocycles. The van der Waals surface area contributed by atoms with Crippen LogP contribution in [0.3, 0.4) is 0 Å². The van der Waals surface area contributed by atoms with Crippen molar-refractivity contribution in [2.75, 3.05) is 25.9 Å². The quantitative estimate of drug-likeness (QED) is 0.789. The Balaban J connectivity index is 2.48. The molecule has 3 heteroatoms. The summed E-state index contributed by atoms with van der Waals surface area (Å²) in [5.41, 5.74) is 0. The van der Waals surface area contributed by atoms with E-state index in [-0.39, 0.29) is 0 Å². The van der Waals surface area contributed by atoms with Crippen molar-refractivity contribution in [2.45, 2.75) is 57.9 Å². The fourth-order valence-corrected chi connectivity index (χ4v) is 2.89. The molecule has 0 aromatic heterocycles. The van der Waals surface area contributed by atoms with Crippen LogP contribution >= 0.6 is 11.8 Å². The smallest absolute Gasteiger partial charge is 0.0244 e. The molecule has 0 saturated carbocycles. The van der Waals surface area contributed by atoms with Gasteiger partial charge in [-0.15, -0.1) is 0 Å². The molecule has 102 valence electrons. The lowest BCUT2D eigenvalue weighted by Gasteiger charge is -2.42. The van der Waals surface area contributed by atoms with E-state index in [0.29, 0.717) is 6.04 Å². The van der Waals surface area contributed by atoms with Crippen LogP contribution in [-0.4, -0.2) is 48.1 Å². The maximum absolute atomic E-state index is 3.68. The first kappa shape index (κ1) is 15.3. The molecule has 1 saturated heterocycles. The van der Waals surface area contributed by atoms with E-state index in [1.54, 1.807) is 0 Å². The van der Waals surface area contributed by atoms with Gasteiger partial charge < -0.3 is 5.32 Å². The molecule has 1 heterocycles. The average molecular weight is 258 g/mol. The Bertz CT molecular complexity index is 208. The highest BCUT2D eigenvalue weighted by atomic mass is 32.2. The number of hydrogen-bond donors (Lipinski definition) is 1. The minimum absolute atomic E-state index is 0.703. The molecule has 0 aromatic carbocycles. The Morgan fingerprint density at radius 1 is 1.35 bits per heavy atom. The minimum atomic E-state index is 0.703. The zero-order valence-corrected chi connectivity index (χ0v) is 13.0. The number of hydrogen-bond acceptors (Lipinski definition) is 3. The molecule has 0 bridgehead atoms. The highest BCUT2D eigenvalue weighted by Gasteiger charge is 2.28. The van der Waals surface area contributed by atoms with Crippen molar-refractivity contribution in [1.82, 2.24) is 10.2 Å². The van der Waals surface area contributed by atoms with Crippen molar-refractivity contribution in [1.29, 1.82) is 0 Å². The SMILES string of the molecule is CCC1CN(CCC(C)SC)C(C(C)C)CN1. The van der Waals surface area contributed by atoms with Crippen molar-refractivity contribution in [2.24, 2.45) is 5.92 Å². The number of nitrogens with zero attached hydrogens (tertiary/aromatic N) is 1. The molecule has 0 radical (unpaired) electrons. The molecule has 17 heavy (non-hydrogen) atoms. The lowest BCUT2D eigenvalue weighted by molar-refractivity contribution is 0.0962. The van der Waals surface area contributed by atoms with Crippen LogP contribution in [0.15, 0.2) is 0 Å². The van der Waals surface area contributed by atoms with Crippen molar-refractivity contribution < 1.29 is 0 Å². The van der Waals surface area contributed by atoms with Crippen LogP contribution in [0.5, 0.6) is 0 Å². The Kier molecular flexibility index (Phi) is 6.90. The van der Waals surface area contributed by atoms with Crippen LogP contribution in [0.4, 0.5) is 0 Å². The van der Waals surface area contributed by atoms with E-state index in [0.717, 1.165) is 17.2 Å². The topological polar surface area (TPSA) is 15.3 Å². The summed E-state index contributed by atoms with van der Waals surface area (Å²) in [7, 11) is 0. The molecule has 1 aliphatic rings. The Labute approximate surface area is 112 Å². The predicted molar refractivity (Wildman–Crippen MR) is 79.9 cm³/mol. The summed E-state index contributed by atoms with van der Waals surface area (Å²) < 4.78 is 0. The molecule has 1 N–H and O–H groups in total. The Morgan fingerprint density at radius 3 is 2.59 bits per heavy atom. The van der Waals surface area contributed by atoms with Crippen LogP contribution in [0, 0.1) is 5.92 Å². The molecule has 0 amide bonds. The first-order valence-corrected chi connectivity index (χ1v) is 8.37. The van der Waals surface area contributed by atoms with Gasteiger partial charge in [-0.25, -0.2) is 0 Å². The molecule has 1 fully saturated rings. The third-order valence-electron chi connectivity index (χ3n) is 4.03.